The van der Waals surface area contributed by atoms with Crippen LogP contribution in [0.2, 0.25) is 0 Å². The van der Waals surface area contributed by atoms with E-state index in [0.717, 1.165) is 0 Å². The van der Waals surface area contributed by atoms with Crippen LogP contribution >= 0.6 is 0 Å². The molecule has 0 aliphatic heterocycles. The first-order chi connectivity index (χ1) is 52.1. The SMILES string of the molecule is c1ccc2c(c1)C1c3ccccc3C2(c2ccc([B-](c3ccc(C45c6ccccc6C(c6ccccc64)c4ccccc45)cc3)(c3ccc(C45c6ccccc6C(c6ccccc64)c4ccccc45)cc3)c3ccc(C45c6ccccc6C(c6ccccc64)c4ccccc45)cc3)cc2)c2ccccc21. The third kappa shape index (κ3) is 6.85. The quantitative estimate of drug-likeness (QED) is 0.133. The zero-order valence-corrected chi connectivity index (χ0v) is 57.8. The first-order valence-corrected chi connectivity index (χ1v) is 37.8. The summed E-state index contributed by atoms with van der Waals surface area (Å²) in [5.41, 5.74) is 41.2. The molecule has 1 heteroatoms. The van der Waals surface area contributed by atoms with E-state index in [9.17, 15) is 0 Å². The number of benzene rings is 16. The summed E-state index contributed by atoms with van der Waals surface area (Å²) in [5, 5.41) is 0. The summed E-state index contributed by atoms with van der Waals surface area (Å²) in [6, 6.07) is 153. The fourth-order valence-electron chi connectivity index (χ4n) is 23.9. The van der Waals surface area contributed by atoms with E-state index in [1.54, 1.807) is 0 Å². The fourth-order valence-corrected chi connectivity index (χ4v) is 23.9. The lowest BCUT2D eigenvalue weighted by atomic mass is 9.13. The van der Waals surface area contributed by atoms with Crippen molar-refractivity contribution in [3.63, 3.8) is 0 Å². The molecule has 8 bridgehead atoms. The molecule has 0 unspecified atom stereocenters. The highest BCUT2D eigenvalue weighted by Crippen LogP contribution is 2.66. The van der Waals surface area contributed by atoms with Gasteiger partial charge in [-0.1, -0.05) is 388 Å². The molecule has 0 radical (unpaired) electrons. The van der Waals surface area contributed by atoms with Gasteiger partial charge in [-0.15, -0.1) is 0 Å². The van der Waals surface area contributed by atoms with Gasteiger partial charge in [-0.05, 0) is 156 Å². The Kier molecular flexibility index (Phi) is 11.6. The Bertz CT molecular complexity index is 5140. The first-order valence-electron chi connectivity index (χ1n) is 37.8. The molecule has 16 aromatic rings. The zero-order valence-electron chi connectivity index (χ0n) is 57.8. The lowest BCUT2D eigenvalue weighted by Crippen LogP contribution is -2.74. The Labute approximate surface area is 613 Å². The van der Waals surface area contributed by atoms with Crippen LogP contribution in [0.25, 0.3) is 0 Å². The molecule has 0 saturated carbocycles. The van der Waals surface area contributed by atoms with Gasteiger partial charge < -0.3 is 0 Å². The van der Waals surface area contributed by atoms with Crippen molar-refractivity contribution in [2.75, 3.05) is 0 Å². The van der Waals surface area contributed by atoms with Crippen LogP contribution in [0.1, 0.15) is 179 Å². The second-order valence-corrected chi connectivity index (χ2v) is 31.1. The summed E-state index contributed by atoms with van der Waals surface area (Å²) in [7, 11) is 0. The van der Waals surface area contributed by atoms with Crippen LogP contribution in [0.15, 0.2) is 388 Å². The van der Waals surface area contributed by atoms with Crippen LogP contribution in [0, 0.1) is 0 Å². The van der Waals surface area contributed by atoms with Gasteiger partial charge in [-0.25, -0.2) is 0 Å². The third-order valence-electron chi connectivity index (χ3n) is 27.5. The molecule has 16 aromatic carbocycles. The molecule has 0 amide bonds. The van der Waals surface area contributed by atoms with E-state index >= 15 is 0 Å². The van der Waals surface area contributed by atoms with Crippen molar-refractivity contribution < 1.29 is 0 Å². The van der Waals surface area contributed by atoms with E-state index in [1.807, 2.05) is 0 Å². The Morgan fingerprint density at radius 1 is 0.133 bits per heavy atom. The molecule has 0 spiro atoms. The minimum atomic E-state index is -2.10. The van der Waals surface area contributed by atoms with E-state index in [-0.39, 0.29) is 23.7 Å². The van der Waals surface area contributed by atoms with Crippen molar-refractivity contribution in [1.29, 1.82) is 0 Å². The van der Waals surface area contributed by atoms with Gasteiger partial charge in [0.25, 0.3) is 0 Å². The van der Waals surface area contributed by atoms with Gasteiger partial charge in [0.05, 0.1) is 21.7 Å². The molecule has 0 nitrogen and oxygen atoms in total. The summed E-state index contributed by atoms with van der Waals surface area (Å²) in [4.78, 5) is 0. The molecule has 0 saturated heterocycles. The molecular formula is C104H68B-. The summed E-state index contributed by atoms with van der Waals surface area (Å²) >= 11 is 0. The van der Waals surface area contributed by atoms with Crippen molar-refractivity contribution in [2.24, 2.45) is 0 Å². The van der Waals surface area contributed by atoms with Gasteiger partial charge in [-0.3, -0.25) is 0 Å². The van der Waals surface area contributed by atoms with Crippen LogP contribution in [0.5, 0.6) is 0 Å². The Hall–Kier alpha value is -12.4. The summed E-state index contributed by atoms with van der Waals surface area (Å²) in [6.45, 7) is 0. The number of hydrogen-bond acceptors (Lipinski definition) is 0. The summed E-state index contributed by atoms with van der Waals surface area (Å²) < 4.78 is 0. The minimum absolute atomic E-state index is 0.163. The smallest absolute Gasteiger partial charge is 0.108 e. The van der Waals surface area contributed by atoms with Crippen molar-refractivity contribution in [1.82, 2.24) is 0 Å². The van der Waals surface area contributed by atoms with Crippen LogP contribution in [0.3, 0.4) is 0 Å². The average Bonchev–Trinajstić information content (AvgIpc) is 0.691. The normalized spacial score (nSPS) is 22.7. The molecular weight excluding hydrogens is 1260 g/mol. The molecule has 488 valence electrons. The zero-order chi connectivity index (χ0) is 68.5. The topological polar surface area (TPSA) is 0 Å². The van der Waals surface area contributed by atoms with Crippen molar-refractivity contribution in [3.05, 3.63) is 544 Å². The van der Waals surface area contributed by atoms with Gasteiger partial charge in [0.2, 0.25) is 0 Å². The fraction of sp³-hybridized carbons (Fsp3) is 0.0769. The Balaban J connectivity index is 0.793. The second-order valence-electron chi connectivity index (χ2n) is 31.1. The van der Waals surface area contributed by atoms with Crippen LogP contribution in [-0.2, 0) is 21.7 Å². The Morgan fingerprint density at radius 3 is 0.371 bits per heavy atom. The second kappa shape index (κ2) is 20.9. The monoisotopic (exact) mass is 1330 g/mol. The predicted octanol–water partition coefficient (Wildman–Crippen LogP) is 19.8. The minimum Gasteiger partial charge on any atom is -0.195 e. The molecule has 12 aliphatic carbocycles. The Morgan fingerprint density at radius 2 is 0.248 bits per heavy atom. The van der Waals surface area contributed by atoms with Crippen LogP contribution in [-0.4, -0.2) is 6.15 Å². The van der Waals surface area contributed by atoms with E-state index in [1.165, 1.54) is 178 Å². The highest BCUT2D eigenvalue weighted by Gasteiger charge is 2.57. The molecule has 0 fully saturated rings. The molecule has 105 heavy (non-hydrogen) atoms. The van der Waals surface area contributed by atoms with E-state index < -0.39 is 27.8 Å². The molecule has 0 atom stereocenters. The third-order valence-corrected chi connectivity index (χ3v) is 27.5. The van der Waals surface area contributed by atoms with Gasteiger partial charge in [0.15, 0.2) is 0 Å². The van der Waals surface area contributed by atoms with Crippen molar-refractivity contribution >= 4 is 28.0 Å². The first kappa shape index (κ1) is 58.1. The van der Waals surface area contributed by atoms with Gasteiger partial charge in [0.1, 0.15) is 6.15 Å². The van der Waals surface area contributed by atoms with Crippen molar-refractivity contribution in [2.45, 2.75) is 45.3 Å². The molecule has 0 heterocycles. The highest BCUT2D eigenvalue weighted by molar-refractivity contribution is 7.19. The van der Waals surface area contributed by atoms with Crippen LogP contribution in [0.4, 0.5) is 0 Å². The largest absolute Gasteiger partial charge is 0.195 e. The molecule has 28 rings (SSSR count). The number of hydrogen-bond donors (Lipinski definition) is 0. The van der Waals surface area contributed by atoms with Crippen molar-refractivity contribution in [3.8, 4) is 0 Å². The van der Waals surface area contributed by atoms with E-state index in [0.29, 0.717) is 0 Å². The molecule has 0 N–H and O–H groups in total. The van der Waals surface area contributed by atoms with E-state index in [4.69, 9.17) is 0 Å². The maximum Gasteiger partial charge on any atom is 0.108 e. The van der Waals surface area contributed by atoms with Gasteiger partial charge in [0, 0.05) is 23.7 Å². The van der Waals surface area contributed by atoms with E-state index in [2.05, 4.69) is 388 Å². The van der Waals surface area contributed by atoms with Crippen LogP contribution < -0.4 is 21.9 Å². The highest BCUT2D eigenvalue weighted by atomic mass is 14.6. The molecule has 0 aromatic heterocycles. The standard InChI is InChI=1S/C104H68B/c1-13-37-85-73(25-1)97-74-26-2-14-38-86(74)101(85,87-39-15-3-27-75(87)97)65-49-57-69(58-50-65)105(70-59-51-66(52-60-70)102-88-40-16-4-28-76(88)98(77-29-5-17-41-89(77)102)78-30-6-18-42-90(78)102,71-61-53-67(54-62-71)103-91-43-19-7-31-79(91)99(80-32-8-20-44-92(80)103)81-33-9-21-45-93(81)103)72-63-55-68(56-64-72)104-94-46-22-10-34-82(94)100(83-35-11-23-47-95(83)104)84-36-12-24-48-96(84)104/h1-64,97-100H/q-1. The lowest BCUT2D eigenvalue weighted by Gasteiger charge is -2.52. The van der Waals surface area contributed by atoms with Gasteiger partial charge in [-0.2, -0.15) is 21.9 Å². The molecule has 12 aliphatic rings. The lowest BCUT2D eigenvalue weighted by molar-refractivity contribution is 0.629. The average molecular weight is 1330 g/mol. The summed E-state index contributed by atoms with van der Waals surface area (Å²) in [6.07, 6.45) is -2.10. The maximum atomic E-state index is 2.56. The number of rotatable bonds is 8. The maximum absolute atomic E-state index is 2.56. The summed E-state index contributed by atoms with van der Waals surface area (Å²) in [5.74, 6) is 0.650. The van der Waals surface area contributed by atoms with Gasteiger partial charge >= 0.3 is 0 Å². The predicted molar refractivity (Wildman–Crippen MR) is 427 cm³/mol.